The first-order valence-corrected chi connectivity index (χ1v) is 5.86. The van der Waals surface area contributed by atoms with E-state index in [0.29, 0.717) is 11.1 Å². The van der Waals surface area contributed by atoms with Crippen LogP contribution in [0.2, 0.25) is 0 Å². The van der Waals surface area contributed by atoms with E-state index in [1.807, 2.05) is 24.3 Å². The second-order valence-corrected chi connectivity index (χ2v) is 3.75. The molecule has 0 aliphatic carbocycles. The van der Waals surface area contributed by atoms with Crippen molar-refractivity contribution in [2.45, 2.75) is 0 Å². The van der Waals surface area contributed by atoms with Crippen LogP contribution < -0.4 is 0 Å². The fourth-order valence-electron chi connectivity index (χ4n) is 2.08. The zero-order valence-electron chi connectivity index (χ0n) is 10.0. The van der Waals surface area contributed by atoms with Crippen LogP contribution in [0.4, 0.5) is 0 Å². The molecule has 0 unspecified atom stereocenters. The minimum Gasteiger partial charge on any atom is -0.430 e. The van der Waals surface area contributed by atoms with E-state index in [4.69, 9.17) is 0 Å². The molecule has 0 atom stereocenters. The summed E-state index contributed by atoms with van der Waals surface area (Å²) in [4.78, 5) is 24.6. The molecule has 95 valence electrons. The molecule has 3 rings (SSSR count). The van der Waals surface area contributed by atoms with Gasteiger partial charge in [0.1, 0.15) is 0 Å². The number of imide groups is 1. The van der Waals surface area contributed by atoms with Crippen LogP contribution in [-0.2, 0) is 22.4 Å². The zero-order valence-corrected chi connectivity index (χ0v) is 14.1. The van der Waals surface area contributed by atoms with E-state index in [1.165, 1.54) is 0 Å². The number of amides is 2. The topological polar surface area (TPSA) is 37.4 Å². The maximum absolute atomic E-state index is 11.9. The average molecular weight is 438 g/mol. The Morgan fingerprint density at radius 1 is 0.895 bits per heavy atom. The molecule has 0 bridgehead atoms. The summed E-state index contributed by atoms with van der Waals surface area (Å²) in [5.74, 6) is -0.677. The van der Waals surface area contributed by atoms with Crippen molar-refractivity contribution in [2.24, 2.45) is 0 Å². The first-order valence-electron chi connectivity index (χ1n) is 5.23. The summed E-state index contributed by atoms with van der Waals surface area (Å²) in [6, 6.07) is 10.8. The second-order valence-electron chi connectivity index (χ2n) is 3.75. The van der Waals surface area contributed by atoms with Crippen molar-refractivity contribution in [1.82, 2.24) is 4.90 Å². The van der Waals surface area contributed by atoms with Crippen molar-refractivity contribution < 1.29 is 32.0 Å². The Labute approximate surface area is 132 Å². The molecule has 0 saturated carbocycles. The molecule has 2 aromatic rings. The molecule has 0 spiro atoms. The normalized spacial score (nSPS) is 12.7. The SMILES string of the molecule is [CH2-]N1C(=O)c2cccc3cccc(c23)C1=O.[CH2-]S.[Ta+2]. The van der Waals surface area contributed by atoms with Crippen molar-refractivity contribution in [3.05, 3.63) is 60.8 Å². The van der Waals surface area contributed by atoms with Gasteiger partial charge in [-0.1, -0.05) is 24.3 Å². The van der Waals surface area contributed by atoms with Crippen molar-refractivity contribution in [3.8, 4) is 0 Å². The van der Waals surface area contributed by atoms with Crippen LogP contribution in [-0.4, -0.2) is 16.7 Å². The predicted octanol–water partition coefficient (Wildman–Crippen LogP) is 2.93. The smallest absolute Gasteiger partial charge is 0.430 e. The number of hydrogen-bond acceptors (Lipinski definition) is 3. The van der Waals surface area contributed by atoms with E-state index in [1.54, 1.807) is 12.1 Å². The van der Waals surface area contributed by atoms with Crippen molar-refractivity contribution in [2.75, 3.05) is 0 Å². The Morgan fingerprint density at radius 3 is 1.74 bits per heavy atom. The number of carbonyl (C=O) groups excluding carboxylic acids is 2. The summed E-state index contributed by atoms with van der Waals surface area (Å²) in [5, 5.41) is 1.64. The second kappa shape index (κ2) is 6.39. The first-order chi connectivity index (χ1) is 8.70. The maximum Gasteiger partial charge on any atom is 2.00 e. The van der Waals surface area contributed by atoms with Crippen LogP contribution in [0.3, 0.4) is 0 Å². The Kier molecular flexibility index (Phi) is 5.38. The van der Waals surface area contributed by atoms with Crippen molar-refractivity contribution in [1.29, 1.82) is 0 Å². The van der Waals surface area contributed by atoms with Gasteiger partial charge in [0.05, 0.1) is 0 Å². The summed E-state index contributed by atoms with van der Waals surface area (Å²) < 4.78 is 0. The Hall–Kier alpha value is -1.07. The van der Waals surface area contributed by atoms with Crippen LogP contribution in [0.1, 0.15) is 20.7 Å². The van der Waals surface area contributed by atoms with Crippen LogP contribution in [0, 0.1) is 13.3 Å². The third-order valence-corrected chi connectivity index (χ3v) is 2.86. The number of hydrogen-bond donors (Lipinski definition) is 1. The molecule has 2 aromatic carbocycles. The maximum atomic E-state index is 11.9. The first kappa shape index (κ1) is 16.0. The summed E-state index contributed by atoms with van der Waals surface area (Å²) in [6.45, 7) is 0. The zero-order chi connectivity index (χ0) is 13.3. The molecule has 0 aromatic heterocycles. The number of nitrogens with zero attached hydrogens (tertiary/aromatic N) is 1. The summed E-state index contributed by atoms with van der Waals surface area (Å²) in [6.07, 6.45) is 2.94. The van der Waals surface area contributed by atoms with Gasteiger partial charge in [0, 0.05) is 16.5 Å². The molecular formula is C14H11NO2STa. The quantitative estimate of drug-likeness (QED) is 0.390. The Morgan fingerprint density at radius 2 is 1.32 bits per heavy atom. The molecule has 1 heterocycles. The van der Waals surface area contributed by atoms with Gasteiger partial charge in [-0.25, -0.2) is 7.05 Å². The third-order valence-electron chi connectivity index (χ3n) is 2.86. The van der Waals surface area contributed by atoms with Gasteiger partial charge in [0.15, 0.2) is 0 Å². The summed E-state index contributed by atoms with van der Waals surface area (Å²) in [7, 11) is 3.48. The number of benzene rings is 2. The minimum absolute atomic E-state index is 0. The van der Waals surface area contributed by atoms with Gasteiger partial charge in [-0.15, -0.1) is 0 Å². The molecule has 5 heteroatoms. The monoisotopic (exact) mass is 438 g/mol. The van der Waals surface area contributed by atoms with Gasteiger partial charge in [-0.3, -0.25) is 15.8 Å². The predicted molar refractivity (Wildman–Crippen MR) is 74.1 cm³/mol. The van der Waals surface area contributed by atoms with Gasteiger partial charge in [-0.05, 0) is 17.5 Å². The van der Waals surface area contributed by atoms with E-state index in [-0.39, 0.29) is 34.2 Å². The fraction of sp³-hybridized carbons (Fsp3) is 0. The third kappa shape index (κ3) is 2.49. The van der Waals surface area contributed by atoms with Gasteiger partial charge in [0.25, 0.3) is 0 Å². The average Bonchev–Trinajstić information content (AvgIpc) is 2.44. The summed E-state index contributed by atoms with van der Waals surface area (Å²) >= 11 is 3.28. The standard InChI is InChI=1S/C13H8NO2.CH3S.Ta/c1-14-12(15)9-6-2-4-8-5-3-7-10(11(8)9)13(14)16;1-2;/h2-7H,1H2;2H,1H2;/q2*-1;+2. The molecular weight excluding hydrogens is 427 g/mol. The Bertz CT molecular complexity index is 592. The molecule has 1 aliphatic rings. The van der Waals surface area contributed by atoms with E-state index in [0.717, 1.165) is 15.7 Å². The number of thiol groups is 1. The number of carbonyl (C=O) groups is 2. The summed E-state index contributed by atoms with van der Waals surface area (Å²) in [5.41, 5.74) is 1.09. The van der Waals surface area contributed by atoms with E-state index in [9.17, 15) is 9.59 Å². The van der Waals surface area contributed by atoms with Gasteiger partial charge >= 0.3 is 22.4 Å². The number of rotatable bonds is 0. The van der Waals surface area contributed by atoms with Gasteiger partial charge in [-0.2, -0.15) is 0 Å². The largest absolute Gasteiger partial charge is 2.00 e. The minimum atomic E-state index is -0.339. The molecule has 1 aliphatic heterocycles. The van der Waals surface area contributed by atoms with E-state index < -0.39 is 0 Å². The van der Waals surface area contributed by atoms with E-state index >= 15 is 0 Å². The van der Waals surface area contributed by atoms with Crippen LogP contribution in [0.5, 0.6) is 0 Å². The Balaban J connectivity index is 0.000000576. The van der Waals surface area contributed by atoms with Crippen LogP contribution >= 0.6 is 12.6 Å². The van der Waals surface area contributed by atoms with Crippen LogP contribution in [0.25, 0.3) is 10.8 Å². The molecule has 0 N–H and O–H groups in total. The van der Waals surface area contributed by atoms with E-state index in [2.05, 4.69) is 25.9 Å². The molecule has 2 amide bonds. The van der Waals surface area contributed by atoms with Crippen molar-refractivity contribution in [3.63, 3.8) is 0 Å². The molecule has 1 radical (unpaired) electrons. The van der Waals surface area contributed by atoms with Gasteiger partial charge in [0.2, 0.25) is 11.8 Å². The molecule has 0 fully saturated rings. The molecule has 19 heavy (non-hydrogen) atoms. The fourth-order valence-corrected chi connectivity index (χ4v) is 2.08. The van der Waals surface area contributed by atoms with Crippen molar-refractivity contribution >= 4 is 35.2 Å². The van der Waals surface area contributed by atoms with Gasteiger partial charge < -0.3 is 17.5 Å². The van der Waals surface area contributed by atoms with Crippen LogP contribution in [0.15, 0.2) is 36.4 Å². The molecule has 0 saturated heterocycles. The molecule has 3 nitrogen and oxygen atoms in total.